The van der Waals surface area contributed by atoms with Crippen LogP contribution in [0.4, 0.5) is 10.1 Å². The number of ether oxygens (including phenoxy) is 1. The topological polar surface area (TPSA) is 65.1 Å². The molecule has 8 heteroatoms. The summed E-state index contributed by atoms with van der Waals surface area (Å²) in [6, 6.07) is 17.0. The summed E-state index contributed by atoms with van der Waals surface area (Å²) in [7, 11) is 0. The van der Waals surface area contributed by atoms with Crippen LogP contribution in [0.25, 0.3) is 0 Å². The molecule has 7 nitrogen and oxygen atoms in total. The number of amides is 1. The zero-order valence-corrected chi connectivity index (χ0v) is 22.1. The average molecular weight is 521 g/mol. The number of halogens is 1. The Morgan fingerprint density at radius 3 is 2.32 bits per heavy atom. The summed E-state index contributed by atoms with van der Waals surface area (Å²) in [5, 5.41) is 3.06. The number of likely N-dealkylation sites (tertiary alicyclic amines) is 1. The molecule has 0 radical (unpaired) electrons. The van der Waals surface area contributed by atoms with E-state index in [9.17, 15) is 14.0 Å². The molecular weight excluding hydrogens is 483 g/mol. The van der Waals surface area contributed by atoms with Gasteiger partial charge in [0.05, 0.1) is 5.57 Å². The molecule has 0 unspecified atom stereocenters. The first-order valence-corrected chi connectivity index (χ1v) is 13.7. The standard InChI is InChI=1S/C30H37FN4O3/c1-23-27(30(38-29(23)37)12-16-34(17-13-30)22-24-6-3-2-4-7-24)28(36)32-14-5-15-33-18-20-35(21-19-33)26-10-8-25(31)9-11-26/h2-4,6-11H,5,12-22H2,1H3,(H,32,36). The molecule has 1 spiro atoms. The molecule has 3 aliphatic rings. The first-order valence-electron chi connectivity index (χ1n) is 13.7. The zero-order chi connectivity index (χ0) is 26.5. The second-order valence-electron chi connectivity index (χ2n) is 10.6. The van der Waals surface area contributed by atoms with Gasteiger partial charge in [-0.2, -0.15) is 0 Å². The molecule has 3 aliphatic heterocycles. The fraction of sp³-hybridized carbons (Fsp3) is 0.467. The van der Waals surface area contributed by atoms with Crippen molar-refractivity contribution in [1.82, 2.24) is 15.1 Å². The maximum absolute atomic E-state index is 13.3. The lowest BCUT2D eigenvalue weighted by Gasteiger charge is -2.39. The van der Waals surface area contributed by atoms with Crippen LogP contribution in [-0.4, -0.2) is 79.6 Å². The van der Waals surface area contributed by atoms with E-state index in [4.69, 9.17) is 4.74 Å². The number of nitrogens with one attached hydrogen (secondary N) is 1. The molecule has 2 fully saturated rings. The van der Waals surface area contributed by atoms with Gasteiger partial charge in [0.15, 0.2) is 0 Å². The molecule has 1 amide bonds. The molecule has 38 heavy (non-hydrogen) atoms. The average Bonchev–Trinajstić information content (AvgIpc) is 3.18. The van der Waals surface area contributed by atoms with Crippen molar-refractivity contribution >= 4 is 17.6 Å². The number of hydrogen-bond donors (Lipinski definition) is 1. The minimum atomic E-state index is -0.810. The summed E-state index contributed by atoms with van der Waals surface area (Å²) in [6.45, 7) is 9.22. The quantitative estimate of drug-likeness (QED) is 0.426. The summed E-state index contributed by atoms with van der Waals surface area (Å²) in [4.78, 5) is 32.8. The number of anilines is 1. The number of piperidine rings is 1. The number of rotatable bonds is 8. The van der Waals surface area contributed by atoms with Crippen LogP contribution >= 0.6 is 0 Å². The van der Waals surface area contributed by atoms with Crippen LogP contribution in [0.5, 0.6) is 0 Å². The van der Waals surface area contributed by atoms with Gasteiger partial charge in [-0.3, -0.25) is 14.6 Å². The van der Waals surface area contributed by atoms with Crippen molar-refractivity contribution in [3.8, 4) is 0 Å². The molecule has 0 aromatic heterocycles. The Morgan fingerprint density at radius 1 is 0.947 bits per heavy atom. The van der Waals surface area contributed by atoms with Crippen LogP contribution in [0.1, 0.15) is 31.7 Å². The van der Waals surface area contributed by atoms with E-state index in [1.807, 2.05) is 30.3 Å². The maximum atomic E-state index is 13.3. The number of hydrogen-bond acceptors (Lipinski definition) is 6. The first-order chi connectivity index (χ1) is 18.4. The minimum Gasteiger partial charge on any atom is -0.450 e. The van der Waals surface area contributed by atoms with E-state index >= 15 is 0 Å². The first kappa shape index (κ1) is 26.4. The Morgan fingerprint density at radius 2 is 1.63 bits per heavy atom. The number of piperazine rings is 1. The van der Waals surface area contributed by atoms with Gasteiger partial charge in [0.1, 0.15) is 11.4 Å². The molecule has 2 aromatic carbocycles. The van der Waals surface area contributed by atoms with Crippen molar-refractivity contribution in [3.05, 3.63) is 77.1 Å². The summed E-state index contributed by atoms with van der Waals surface area (Å²) in [5.74, 6) is -0.759. The SMILES string of the molecule is CC1=C(C(=O)NCCCN2CCN(c3ccc(F)cc3)CC2)C2(CCN(Cc3ccccc3)CC2)OC1=O. The van der Waals surface area contributed by atoms with Crippen molar-refractivity contribution in [2.24, 2.45) is 0 Å². The highest BCUT2D eigenvalue weighted by Crippen LogP contribution is 2.41. The van der Waals surface area contributed by atoms with Crippen LogP contribution < -0.4 is 10.2 Å². The molecule has 5 rings (SSSR count). The lowest BCUT2D eigenvalue weighted by Crippen LogP contribution is -2.49. The zero-order valence-electron chi connectivity index (χ0n) is 22.1. The number of carbonyl (C=O) groups excluding carboxylic acids is 2. The second-order valence-corrected chi connectivity index (χ2v) is 10.6. The van der Waals surface area contributed by atoms with Crippen molar-refractivity contribution in [3.63, 3.8) is 0 Å². The molecule has 2 aromatic rings. The van der Waals surface area contributed by atoms with Crippen LogP contribution in [0.2, 0.25) is 0 Å². The Balaban J connectivity index is 1.08. The second kappa shape index (κ2) is 11.7. The van der Waals surface area contributed by atoms with E-state index in [2.05, 4.69) is 32.1 Å². The van der Waals surface area contributed by atoms with Gasteiger partial charge >= 0.3 is 5.97 Å². The predicted octanol–water partition coefficient (Wildman–Crippen LogP) is 3.36. The van der Waals surface area contributed by atoms with Crippen molar-refractivity contribution < 1.29 is 18.7 Å². The molecule has 1 N–H and O–H groups in total. The van der Waals surface area contributed by atoms with Gasteiger partial charge < -0.3 is 15.0 Å². The van der Waals surface area contributed by atoms with Crippen LogP contribution in [0.15, 0.2) is 65.7 Å². The van der Waals surface area contributed by atoms with E-state index in [0.717, 1.165) is 64.5 Å². The fourth-order valence-corrected chi connectivity index (χ4v) is 5.87. The van der Waals surface area contributed by atoms with Gasteiger partial charge in [0.2, 0.25) is 0 Å². The summed E-state index contributed by atoms with van der Waals surface area (Å²) in [6.07, 6.45) is 2.09. The largest absolute Gasteiger partial charge is 0.450 e. The third kappa shape index (κ3) is 5.92. The molecule has 0 saturated carbocycles. The molecule has 0 atom stereocenters. The molecule has 202 valence electrons. The third-order valence-electron chi connectivity index (χ3n) is 8.07. The van der Waals surface area contributed by atoms with Crippen LogP contribution in [0.3, 0.4) is 0 Å². The van der Waals surface area contributed by atoms with Crippen molar-refractivity contribution in [2.45, 2.75) is 38.3 Å². The lowest BCUT2D eigenvalue weighted by atomic mass is 9.82. The molecule has 0 aliphatic carbocycles. The van der Waals surface area contributed by atoms with E-state index < -0.39 is 5.60 Å². The molecule has 3 heterocycles. The van der Waals surface area contributed by atoms with Gasteiger partial charge in [0.25, 0.3) is 5.91 Å². The lowest BCUT2D eigenvalue weighted by molar-refractivity contribution is -0.151. The molecule has 0 bridgehead atoms. The number of nitrogens with zero attached hydrogens (tertiary/aromatic N) is 3. The van der Waals surface area contributed by atoms with E-state index in [1.54, 1.807) is 6.92 Å². The van der Waals surface area contributed by atoms with Crippen LogP contribution in [-0.2, 0) is 20.9 Å². The van der Waals surface area contributed by atoms with Gasteiger partial charge in [-0.25, -0.2) is 9.18 Å². The van der Waals surface area contributed by atoms with E-state index in [-0.39, 0.29) is 17.7 Å². The smallest absolute Gasteiger partial charge is 0.335 e. The highest BCUT2D eigenvalue weighted by molar-refractivity contribution is 6.07. The van der Waals surface area contributed by atoms with E-state index in [0.29, 0.717) is 30.5 Å². The van der Waals surface area contributed by atoms with Gasteiger partial charge in [0, 0.05) is 76.5 Å². The van der Waals surface area contributed by atoms with Gasteiger partial charge in [-0.05, 0) is 49.7 Å². The number of benzene rings is 2. The van der Waals surface area contributed by atoms with Crippen molar-refractivity contribution in [1.29, 1.82) is 0 Å². The monoisotopic (exact) mass is 520 g/mol. The predicted molar refractivity (Wildman–Crippen MR) is 145 cm³/mol. The minimum absolute atomic E-state index is 0.175. The summed E-state index contributed by atoms with van der Waals surface area (Å²) < 4.78 is 19.0. The Hall–Kier alpha value is -3.23. The summed E-state index contributed by atoms with van der Waals surface area (Å²) in [5.41, 5.74) is 2.46. The third-order valence-corrected chi connectivity index (χ3v) is 8.07. The summed E-state index contributed by atoms with van der Waals surface area (Å²) >= 11 is 0. The van der Waals surface area contributed by atoms with Crippen molar-refractivity contribution in [2.75, 3.05) is 57.3 Å². The molecule has 2 saturated heterocycles. The van der Waals surface area contributed by atoms with Gasteiger partial charge in [-0.15, -0.1) is 0 Å². The fourth-order valence-electron chi connectivity index (χ4n) is 5.87. The number of carbonyl (C=O) groups is 2. The Labute approximate surface area is 224 Å². The van der Waals surface area contributed by atoms with Crippen LogP contribution in [0, 0.1) is 5.82 Å². The highest BCUT2D eigenvalue weighted by Gasteiger charge is 2.50. The Bertz CT molecular complexity index is 1150. The number of esters is 1. The highest BCUT2D eigenvalue weighted by atomic mass is 19.1. The van der Waals surface area contributed by atoms with Gasteiger partial charge in [-0.1, -0.05) is 30.3 Å². The normalized spacial score (nSPS) is 20.2. The Kier molecular flexibility index (Phi) is 8.09. The molecular formula is C30H37FN4O3. The maximum Gasteiger partial charge on any atom is 0.335 e. The van der Waals surface area contributed by atoms with E-state index in [1.165, 1.54) is 17.7 Å².